The summed E-state index contributed by atoms with van der Waals surface area (Å²) in [6.07, 6.45) is 4.86. The highest BCUT2D eigenvalue weighted by Crippen LogP contribution is 2.40. The molecular weight excluding hydrogens is 308 g/mol. The van der Waals surface area contributed by atoms with Gasteiger partial charge in [0.2, 0.25) is 5.78 Å². The van der Waals surface area contributed by atoms with Gasteiger partial charge in [-0.15, -0.1) is 0 Å². The van der Waals surface area contributed by atoms with Gasteiger partial charge in [-0.25, -0.2) is 0 Å². The summed E-state index contributed by atoms with van der Waals surface area (Å²) >= 11 is 0. The minimum atomic E-state index is -0.490. The maximum Gasteiger partial charge on any atom is 0.213 e. The van der Waals surface area contributed by atoms with Gasteiger partial charge in [0, 0.05) is 25.2 Å². The first kappa shape index (κ1) is 17.8. The number of nitrogens with one attached hydrogen (secondary N) is 2. The molecular formula is C18H24N2O4. The van der Waals surface area contributed by atoms with Gasteiger partial charge in [-0.1, -0.05) is 26.7 Å². The van der Waals surface area contributed by atoms with Crippen LogP contribution in [0.5, 0.6) is 11.5 Å². The van der Waals surface area contributed by atoms with Gasteiger partial charge in [-0.05, 0) is 12.8 Å². The van der Waals surface area contributed by atoms with Crippen LogP contribution in [-0.4, -0.2) is 34.9 Å². The zero-order valence-corrected chi connectivity index (χ0v) is 14.1. The fourth-order valence-corrected chi connectivity index (χ4v) is 2.60. The molecule has 0 radical (unpaired) electrons. The summed E-state index contributed by atoms with van der Waals surface area (Å²) in [5.74, 6) is -1.56. The second-order valence-corrected chi connectivity index (χ2v) is 5.85. The van der Waals surface area contributed by atoms with Gasteiger partial charge in [0.25, 0.3) is 0 Å². The highest BCUT2D eigenvalue weighted by molar-refractivity contribution is 6.27. The lowest BCUT2D eigenvalue weighted by Crippen LogP contribution is -2.27. The van der Waals surface area contributed by atoms with Gasteiger partial charge >= 0.3 is 0 Å². The minimum absolute atomic E-state index is 0.139. The molecule has 0 bridgehead atoms. The summed E-state index contributed by atoms with van der Waals surface area (Å²) < 4.78 is 0. The first-order valence-corrected chi connectivity index (χ1v) is 8.38. The molecule has 1 aromatic carbocycles. The Morgan fingerprint density at radius 1 is 0.958 bits per heavy atom. The third kappa shape index (κ3) is 3.53. The number of fused-ring (bicyclic) bond motifs is 1. The number of aromatic hydroxyl groups is 2. The molecule has 6 nitrogen and oxygen atoms in total. The third-order valence-corrected chi connectivity index (χ3v) is 3.96. The van der Waals surface area contributed by atoms with Crippen LogP contribution in [0.3, 0.4) is 0 Å². The molecule has 6 heteroatoms. The lowest BCUT2D eigenvalue weighted by Gasteiger charge is -2.20. The van der Waals surface area contributed by atoms with Crippen molar-refractivity contribution < 1.29 is 19.8 Å². The van der Waals surface area contributed by atoms with Crippen molar-refractivity contribution in [3.8, 4) is 11.5 Å². The molecule has 0 atom stereocenters. The Morgan fingerprint density at radius 3 is 2.21 bits per heavy atom. The number of ketones is 2. The number of hydrogen-bond acceptors (Lipinski definition) is 6. The Kier molecular flexibility index (Phi) is 5.84. The Balaban J connectivity index is 2.34. The third-order valence-electron chi connectivity index (χ3n) is 3.96. The second kappa shape index (κ2) is 7.86. The van der Waals surface area contributed by atoms with Crippen molar-refractivity contribution in [3.05, 3.63) is 29.0 Å². The number of Topliss-reactive ketones (excluding diaryl/α,β-unsaturated/α-hetero) is 1. The van der Waals surface area contributed by atoms with E-state index in [9.17, 15) is 19.8 Å². The number of anilines is 1. The molecule has 1 aliphatic rings. The van der Waals surface area contributed by atoms with Gasteiger partial charge in [-0.2, -0.15) is 0 Å². The highest BCUT2D eigenvalue weighted by Gasteiger charge is 2.32. The van der Waals surface area contributed by atoms with E-state index in [1.807, 2.05) is 13.8 Å². The Labute approximate surface area is 141 Å². The minimum Gasteiger partial charge on any atom is -0.507 e. The highest BCUT2D eigenvalue weighted by atomic mass is 16.3. The van der Waals surface area contributed by atoms with E-state index < -0.39 is 11.6 Å². The summed E-state index contributed by atoms with van der Waals surface area (Å²) in [5, 5.41) is 26.5. The van der Waals surface area contributed by atoms with E-state index in [1.165, 1.54) is 12.1 Å². The van der Waals surface area contributed by atoms with Crippen molar-refractivity contribution in [1.29, 1.82) is 0 Å². The Bertz CT molecular complexity index is 680. The molecule has 130 valence electrons. The Morgan fingerprint density at radius 2 is 1.58 bits per heavy atom. The quantitative estimate of drug-likeness (QED) is 0.332. The molecule has 24 heavy (non-hydrogen) atoms. The van der Waals surface area contributed by atoms with Crippen LogP contribution in [0.4, 0.5) is 5.69 Å². The van der Waals surface area contributed by atoms with E-state index in [0.29, 0.717) is 13.1 Å². The predicted octanol–water partition coefficient (Wildman–Crippen LogP) is 2.96. The predicted molar refractivity (Wildman–Crippen MR) is 92.8 cm³/mol. The molecule has 0 spiro atoms. The van der Waals surface area contributed by atoms with Crippen LogP contribution in [0.2, 0.25) is 0 Å². The number of benzene rings is 1. The van der Waals surface area contributed by atoms with E-state index in [2.05, 4.69) is 10.6 Å². The first-order chi connectivity index (χ1) is 11.5. The number of unbranched alkanes of at least 4 members (excludes halogenated alkanes) is 2. The molecule has 4 N–H and O–H groups in total. The summed E-state index contributed by atoms with van der Waals surface area (Å²) in [7, 11) is 0. The number of allylic oxidation sites excluding steroid dienone is 2. The largest absolute Gasteiger partial charge is 0.507 e. The van der Waals surface area contributed by atoms with Crippen molar-refractivity contribution >= 4 is 17.3 Å². The fraction of sp³-hybridized carbons (Fsp3) is 0.444. The van der Waals surface area contributed by atoms with Crippen molar-refractivity contribution in [1.82, 2.24) is 5.32 Å². The van der Waals surface area contributed by atoms with Gasteiger partial charge in [0.1, 0.15) is 5.75 Å². The van der Waals surface area contributed by atoms with E-state index in [-0.39, 0.29) is 34.0 Å². The number of hydrogen-bond donors (Lipinski definition) is 4. The summed E-state index contributed by atoms with van der Waals surface area (Å²) in [6.45, 7) is 5.23. The normalized spacial score (nSPS) is 13.5. The number of carbonyl (C=O) groups excluding carboxylic acids is 2. The summed E-state index contributed by atoms with van der Waals surface area (Å²) in [6, 6.07) is 1.30. The van der Waals surface area contributed by atoms with Crippen LogP contribution in [-0.2, 0) is 0 Å². The molecule has 0 unspecified atom stereocenters. The molecule has 1 aromatic rings. The maximum atomic E-state index is 12.5. The zero-order valence-electron chi connectivity index (χ0n) is 14.1. The lowest BCUT2D eigenvalue weighted by atomic mass is 9.90. The topological polar surface area (TPSA) is 98.7 Å². The van der Waals surface area contributed by atoms with E-state index in [0.717, 1.165) is 25.7 Å². The van der Waals surface area contributed by atoms with Crippen LogP contribution in [0, 0.1) is 0 Å². The van der Waals surface area contributed by atoms with Gasteiger partial charge in [-0.3, -0.25) is 9.59 Å². The van der Waals surface area contributed by atoms with Crippen molar-refractivity contribution in [3.63, 3.8) is 0 Å². The van der Waals surface area contributed by atoms with E-state index >= 15 is 0 Å². The molecule has 1 aliphatic carbocycles. The number of phenols is 2. The van der Waals surface area contributed by atoms with Gasteiger partial charge < -0.3 is 20.8 Å². The molecule has 0 saturated heterocycles. The summed E-state index contributed by atoms with van der Waals surface area (Å²) in [5.41, 5.74) is 0.138. The number of carbonyl (C=O) groups is 2. The molecule has 0 saturated carbocycles. The van der Waals surface area contributed by atoms with Crippen molar-refractivity contribution in [2.75, 3.05) is 18.4 Å². The fourth-order valence-electron chi connectivity index (χ4n) is 2.60. The van der Waals surface area contributed by atoms with Crippen molar-refractivity contribution in [2.24, 2.45) is 0 Å². The van der Waals surface area contributed by atoms with Crippen molar-refractivity contribution in [2.45, 2.75) is 39.5 Å². The Hall–Kier alpha value is -2.50. The molecule has 0 fully saturated rings. The second-order valence-electron chi connectivity index (χ2n) is 5.85. The van der Waals surface area contributed by atoms with Crippen LogP contribution < -0.4 is 10.6 Å². The average molecular weight is 332 g/mol. The smallest absolute Gasteiger partial charge is 0.213 e. The number of rotatable bonds is 8. The van der Waals surface area contributed by atoms with Crippen LogP contribution >= 0.6 is 0 Å². The number of phenolic OH excluding ortho intramolecular Hbond substituents is 2. The van der Waals surface area contributed by atoms with Gasteiger partial charge in [0.15, 0.2) is 11.5 Å². The first-order valence-electron chi connectivity index (χ1n) is 8.38. The zero-order chi connectivity index (χ0) is 17.7. The van der Waals surface area contributed by atoms with Crippen LogP contribution in [0.25, 0.3) is 0 Å². The lowest BCUT2D eigenvalue weighted by molar-refractivity contribution is 0.0973. The average Bonchev–Trinajstić information content (AvgIpc) is 2.55. The maximum absolute atomic E-state index is 12.5. The molecule has 0 heterocycles. The van der Waals surface area contributed by atoms with Crippen LogP contribution in [0.1, 0.15) is 60.2 Å². The van der Waals surface area contributed by atoms with E-state index in [4.69, 9.17) is 0 Å². The SMILES string of the molecule is CCCCNC1=CC(=O)c2c(O)c(NCCCC)cc(O)c2C1=O. The molecule has 0 aliphatic heterocycles. The molecule has 0 aromatic heterocycles. The van der Waals surface area contributed by atoms with E-state index in [1.54, 1.807) is 0 Å². The van der Waals surface area contributed by atoms with Gasteiger partial charge in [0.05, 0.1) is 22.5 Å². The molecule has 2 rings (SSSR count). The standard InChI is InChI=1S/C18H24N2O4/c1-3-5-7-19-11-9-13(21)16-15(17(11)23)14(22)10-12(18(16)24)20-8-6-4-2/h9-10,19-21,23H,3-8H2,1-2H3. The summed E-state index contributed by atoms with van der Waals surface area (Å²) in [4.78, 5) is 24.9. The van der Waals surface area contributed by atoms with Crippen LogP contribution in [0.15, 0.2) is 17.8 Å². The molecule has 0 amide bonds. The monoisotopic (exact) mass is 332 g/mol.